The van der Waals surface area contributed by atoms with Crippen molar-refractivity contribution in [1.29, 1.82) is 0 Å². The SMILES string of the molecule is C#Cc1c(F)ccc2cc(O)cc(-c3ncc4c(N5CC6CCC(C5)N6)nc(OCC5(CN6CCN(C7CC(C(=O)N8CCC(c9ccc%10c(C%11CC(C)C(=O)NC%11=O)cn(C)c%10c9)CC8)C7)CC6)CC5)nc4c3F)c12. The molecule has 6 aromatic rings. The second-order valence-electron chi connectivity index (χ2n) is 23.3. The lowest BCUT2D eigenvalue weighted by Crippen LogP contribution is -2.57. The summed E-state index contributed by atoms with van der Waals surface area (Å²) in [5, 5.41) is 19.2. The summed E-state index contributed by atoms with van der Waals surface area (Å²) in [4.78, 5) is 62.4. The predicted octanol–water partition coefficient (Wildman–Crippen LogP) is 6.97. The van der Waals surface area contributed by atoms with Gasteiger partial charge >= 0.3 is 6.01 Å². The molecule has 3 aromatic carbocycles. The highest BCUT2D eigenvalue weighted by molar-refractivity contribution is 6.04. The fraction of sp³-hybridized carbons (Fsp3) is 0.492. The van der Waals surface area contributed by atoms with Crippen molar-refractivity contribution in [2.45, 2.75) is 94.7 Å². The van der Waals surface area contributed by atoms with Crippen LogP contribution in [0.2, 0.25) is 0 Å². The third-order valence-electron chi connectivity index (χ3n) is 18.3. The molecule has 0 spiro atoms. The lowest BCUT2D eigenvalue weighted by atomic mass is 9.77. The van der Waals surface area contributed by atoms with Crippen LogP contribution in [0.5, 0.6) is 11.8 Å². The van der Waals surface area contributed by atoms with Gasteiger partial charge in [0.1, 0.15) is 28.6 Å². The van der Waals surface area contributed by atoms with E-state index in [0.717, 1.165) is 114 Å². The molecule has 76 heavy (non-hydrogen) atoms. The number of hydrogen-bond acceptors (Lipinski definition) is 12. The number of carbonyl (C=O) groups excluding carboxylic acids is 3. The Hall–Kier alpha value is -6.74. The Balaban J connectivity index is 0.623. The van der Waals surface area contributed by atoms with Gasteiger partial charge in [-0.1, -0.05) is 31.0 Å². The molecule has 7 fully saturated rings. The van der Waals surface area contributed by atoms with Gasteiger partial charge in [0.25, 0.3) is 0 Å². The minimum Gasteiger partial charge on any atom is -0.508 e. The van der Waals surface area contributed by atoms with E-state index in [4.69, 9.17) is 21.1 Å². The summed E-state index contributed by atoms with van der Waals surface area (Å²) in [6, 6.07) is 13.2. The summed E-state index contributed by atoms with van der Waals surface area (Å²) in [6.07, 6.45) is 17.7. The van der Waals surface area contributed by atoms with Gasteiger partial charge in [-0.05, 0) is 104 Å². The highest BCUT2D eigenvalue weighted by atomic mass is 19.1. The highest BCUT2D eigenvalue weighted by Gasteiger charge is 2.47. The van der Waals surface area contributed by atoms with Crippen LogP contribution in [0.4, 0.5) is 14.6 Å². The first-order valence-corrected chi connectivity index (χ1v) is 27.4. The van der Waals surface area contributed by atoms with E-state index in [1.165, 1.54) is 29.8 Å². The number of piperazine rings is 2. The third kappa shape index (κ3) is 8.79. The number of anilines is 1. The molecule has 4 unspecified atom stereocenters. The average Bonchev–Trinajstić information content (AvgIpc) is 4.06. The molecule has 3 N–H and O–H groups in total. The second-order valence-corrected chi connectivity index (χ2v) is 23.3. The lowest BCUT2D eigenvalue weighted by molar-refractivity contribution is -0.142. The van der Waals surface area contributed by atoms with Gasteiger partial charge in [0, 0.05) is 136 Å². The number of benzene rings is 3. The number of terminal acetylenes is 1. The van der Waals surface area contributed by atoms with Gasteiger partial charge in [0.2, 0.25) is 17.7 Å². The number of fused-ring (bicyclic) bond motifs is 5. The van der Waals surface area contributed by atoms with E-state index in [-0.39, 0.29) is 74.5 Å². The number of piperidine rings is 2. The van der Waals surface area contributed by atoms with Crippen LogP contribution >= 0.6 is 0 Å². The molecule has 5 saturated heterocycles. The minimum absolute atomic E-state index is 0.0361. The number of rotatable bonds is 11. The molecule has 5 aliphatic heterocycles. The largest absolute Gasteiger partial charge is 0.508 e. The predicted molar refractivity (Wildman–Crippen MR) is 285 cm³/mol. The van der Waals surface area contributed by atoms with Gasteiger partial charge in [0.15, 0.2) is 5.82 Å². The van der Waals surface area contributed by atoms with Gasteiger partial charge in [-0.2, -0.15) is 9.97 Å². The number of pyridine rings is 1. The van der Waals surface area contributed by atoms with Crippen LogP contribution in [0.3, 0.4) is 0 Å². The van der Waals surface area contributed by atoms with Crippen LogP contribution in [0.1, 0.15) is 93.2 Å². The Bertz CT molecular complexity index is 3370. The molecular formula is C59H64F2N10O5. The molecule has 3 aromatic heterocycles. The van der Waals surface area contributed by atoms with E-state index in [9.17, 15) is 19.5 Å². The van der Waals surface area contributed by atoms with Crippen LogP contribution in [-0.2, 0) is 21.4 Å². The monoisotopic (exact) mass is 1030 g/mol. The topological polar surface area (TPSA) is 161 Å². The summed E-state index contributed by atoms with van der Waals surface area (Å²) in [5.41, 5.74) is 3.31. The number of aryl methyl sites for hydroxylation is 1. The average molecular weight is 1030 g/mol. The summed E-state index contributed by atoms with van der Waals surface area (Å²) >= 11 is 0. The maximum atomic E-state index is 17.2. The number of carbonyl (C=O) groups is 3. The zero-order chi connectivity index (χ0) is 52.1. The number of halogens is 2. The van der Waals surface area contributed by atoms with Crippen LogP contribution in [0.25, 0.3) is 43.8 Å². The summed E-state index contributed by atoms with van der Waals surface area (Å²) in [7, 11) is 2.01. The Morgan fingerprint density at radius 2 is 1.68 bits per heavy atom. The normalized spacial score (nSPS) is 26.0. The number of aromatic hydroxyl groups is 1. The number of ether oxygens (including phenoxy) is 1. The zero-order valence-electron chi connectivity index (χ0n) is 43.2. The van der Waals surface area contributed by atoms with Crippen molar-refractivity contribution in [2.75, 3.05) is 70.4 Å². The summed E-state index contributed by atoms with van der Waals surface area (Å²) in [5.74, 6) is 1.25. The minimum atomic E-state index is -0.733. The molecule has 2 aliphatic carbocycles. The Kier molecular flexibility index (Phi) is 12.3. The smallest absolute Gasteiger partial charge is 0.319 e. The van der Waals surface area contributed by atoms with Gasteiger partial charge in [-0.25, -0.2) is 8.78 Å². The molecule has 3 amide bonds. The number of nitrogens with zero attached hydrogens (tertiary/aromatic N) is 8. The number of phenols is 1. The second kappa shape index (κ2) is 19.1. The first-order valence-electron chi connectivity index (χ1n) is 27.4. The number of hydrogen-bond donors (Lipinski definition) is 3. The van der Waals surface area contributed by atoms with Crippen molar-refractivity contribution in [3.05, 3.63) is 83.2 Å². The molecular weight excluding hydrogens is 967 g/mol. The molecule has 394 valence electrons. The molecule has 17 heteroatoms. The fourth-order valence-electron chi connectivity index (χ4n) is 13.7. The van der Waals surface area contributed by atoms with Gasteiger partial charge < -0.3 is 34.4 Å². The number of amides is 3. The van der Waals surface area contributed by atoms with Crippen molar-refractivity contribution in [2.24, 2.45) is 24.3 Å². The van der Waals surface area contributed by atoms with E-state index in [0.29, 0.717) is 72.7 Å². The van der Waals surface area contributed by atoms with Gasteiger partial charge in [-0.15, -0.1) is 6.42 Å². The molecule has 4 atom stereocenters. The number of nitrogens with one attached hydrogen (secondary N) is 2. The molecule has 7 aliphatic rings. The number of imide groups is 1. The molecule has 2 bridgehead atoms. The highest BCUT2D eigenvalue weighted by Crippen LogP contribution is 2.48. The third-order valence-corrected chi connectivity index (χ3v) is 18.3. The first-order chi connectivity index (χ1) is 36.8. The van der Waals surface area contributed by atoms with Crippen molar-refractivity contribution in [3.63, 3.8) is 0 Å². The van der Waals surface area contributed by atoms with Gasteiger partial charge in [-0.3, -0.25) is 29.6 Å². The maximum Gasteiger partial charge on any atom is 0.319 e. The number of aromatic nitrogens is 4. The molecule has 0 radical (unpaired) electrons. The van der Waals surface area contributed by atoms with Crippen molar-refractivity contribution >= 4 is 56.1 Å². The zero-order valence-corrected chi connectivity index (χ0v) is 43.2. The van der Waals surface area contributed by atoms with Crippen LogP contribution < -0.4 is 20.3 Å². The van der Waals surface area contributed by atoms with Crippen LogP contribution in [0.15, 0.2) is 54.9 Å². The van der Waals surface area contributed by atoms with Crippen LogP contribution in [0, 0.1) is 41.2 Å². The van der Waals surface area contributed by atoms with Crippen molar-refractivity contribution in [3.8, 4) is 35.4 Å². The van der Waals surface area contributed by atoms with E-state index >= 15 is 8.78 Å². The van der Waals surface area contributed by atoms with Gasteiger partial charge in [0.05, 0.1) is 23.5 Å². The number of likely N-dealkylation sites (tertiary alicyclic amines) is 1. The fourth-order valence-corrected chi connectivity index (χ4v) is 13.7. The quantitative estimate of drug-likeness (QED) is 0.0905. The Morgan fingerprint density at radius 3 is 2.42 bits per heavy atom. The Labute approximate surface area is 440 Å². The number of phenolic OH excluding ortho intramolecular Hbond substituents is 1. The first kappa shape index (κ1) is 48.9. The van der Waals surface area contributed by atoms with E-state index in [1.807, 2.05) is 20.2 Å². The molecule has 13 rings (SSSR count). The molecule has 8 heterocycles. The van der Waals surface area contributed by atoms with E-state index in [2.05, 4.69) is 63.9 Å². The Morgan fingerprint density at radius 1 is 0.921 bits per heavy atom. The van der Waals surface area contributed by atoms with Crippen molar-refractivity contribution in [1.82, 2.24) is 44.9 Å². The summed E-state index contributed by atoms with van der Waals surface area (Å²) in [6.45, 7) is 9.86. The molecule has 15 nitrogen and oxygen atoms in total. The van der Waals surface area contributed by atoms with E-state index in [1.54, 1.807) is 6.20 Å². The standard InChI is InChI=1S/C59H64F2N10O5/c1-4-42-48(60)10-6-36-24-41(72)26-45(50(36)42)52-51(61)53-46(27-62-52)54(71-28-38-7-8-39(29-71)63-38)65-58(64-53)76-32-59(13-14-59)31-68-17-19-69(20-18-68)40-22-37(23-40)57(75)70-15-11-34(12-16-70)35-5-9-43-47(30-67(3)49(43)25-35)44-21-33(2)55(73)66-56(44)74/h1,5-6,9-10,24-27,30,33-34,37-40,44,63,72H,7-8,11-23,28-29,31-32H2,2-3H3,(H,66,73,74). The van der Waals surface area contributed by atoms with Crippen molar-refractivity contribution < 1.29 is 33.0 Å². The lowest BCUT2D eigenvalue weighted by Gasteiger charge is -2.47. The molecule has 2 saturated carbocycles. The maximum absolute atomic E-state index is 17.2. The van der Waals surface area contributed by atoms with E-state index < -0.39 is 11.6 Å². The summed E-state index contributed by atoms with van der Waals surface area (Å²) < 4.78 is 40.8. The van der Waals surface area contributed by atoms with Crippen LogP contribution in [-0.4, -0.2) is 141 Å².